The number of hydrogen-bond donors (Lipinski definition) is 0. The summed E-state index contributed by atoms with van der Waals surface area (Å²) in [7, 11) is 0. The number of halogens is 1. The van der Waals surface area contributed by atoms with Gasteiger partial charge < -0.3 is 0 Å². The third kappa shape index (κ3) is 4.50. The lowest BCUT2D eigenvalue weighted by Gasteiger charge is -2.38. The molecular formula is C28H27FN4O. The molecule has 0 unspecified atom stereocenters. The summed E-state index contributed by atoms with van der Waals surface area (Å²) >= 11 is 0. The molecule has 3 aromatic carbocycles. The predicted octanol–water partition coefficient (Wildman–Crippen LogP) is 5.16. The summed E-state index contributed by atoms with van der Waals surface area (Å²) in [5, 5.41) is 0. The first kappa shape index (κ1) is 22.0. The van der Waals surface area contributed by atoms with Crippen LogP contribution >= 0.6 is 0 Å². The van der Waals surface area contributed by atoms with Gasteiger partial charge in [0, 0.05) is 24.2 Å². The first-order valence-corrected chi connectivity index (χ1v) is 11.4. The molecule has 2 heterocycles. The van der Waals surface area contributed by atoms with Crippen molar-refractivity contribution in [2.24, 2.45) is 0 Å². The number of aryl methyl sites for hydroxylation is 2. The van der Waals surface area contributed by atoms with Crippen LogP contribution in [0.1, 0.15) is 27.9 Å². The first-order valence-electron chi connectivity index (χ1n) is 11.4. The molecule has 0 saturated heterocycles. The number of nitrogens with zero attached hydrogens (tertiary/aromatic N) is 4. The van der Waals surface area contributed by atoms with Gasteiger partial charge in [0.25, 0.3) is 5.56 Å². The molecule has 5 nitrogen and oxygen atoms in total. The van der Waals surface area contributed by atoms with Crippen molar-refractivity contribution >= 4 is 11.6 Å². The fraction of sp³-hybridized carbons (Fsp3) is 0.214. The van der Waals surface area contributed by atoms with Crippen LogP contribution in [-0.2, 0) is 19.6 Å². The average molecular weight is 455 g/mol. The van der Waals surface area contributed by atoms with E-state index in [9.17, 15) is 9.18 Å². The Balaban J connectivity index is 1.56. The third-order valence-electron chi connectivity index (χ3n) is 6.26. The van der Waals surface area contributed by atoms with Crippen molar-refractivity contribution < 1.29 is 4.39 Å². The summed E-state index contributed by atoms with van der Waals surface area (Å²) in [6, 6.07) is 24.7. The van der Waals surface area contributed by atoms with E-state index < -0.39 is 0 Å². The lowest BCUT2D eigenvalue weighted by molar-refractivity contribution is 0.189. The number of rotatable bonds is 5. The maximum Gasteiger partial charge on any atom is 0.259 e. The van der Waals surface area contributed by atoms with Crippen LogP contribution in [0.3, 0.4) is 0 Å². The van der Waals surface area contributed by atoms with E-state index in [4.69, 9.17) is 4.98 Å². The van der Waals surface area contributed by atoms with Gasteiger partial charge in [-0.3, -0.25) is 19.2 Å². The molecule has 0 atom stereocenters. The minimum absolute atomic E-state index is 0.0351. The maximum atomic E-state index is 13.7. The van der Waals surface area contributed by atoms with Crippen LogP contribution in [0, 0.1) is 19.7 Å². The largest absolute Gasteiger partial charge is 0.298 e. The van der Waals surface area contributed by atoms with Gasteiger partial charge in [-0.1, -0.05) is 60.2 Å². The molecule has 1 aliphatic heterocycles. The molecule has 6 heteroatoms. The molecule has 5 rings (SSSR count). The van der Waals surface area contributed by atoms with Crippen molar-refractivity contribution in [1.29, 1.82) is 0 Å². The van der Waals surface area contributed by atoms with Crippen molar-refractivity contribution in [1.82, 2.24) is 14.5 Å². The second-order valence-corrected chi connectivity index (χ2v) is 8.87. The Kier molecular flexibility index (Phi) is 5.99. The molecule has 0 radical (unpaired) electrons. The van der Waals surface area contributed by atoms with Crippen LogP contribution in [0.15, 0.2) is 83.7 Å². The van der Waals surface area contributed by atoms with Crippen molar-refractivity contribution in [3.05, 3.63) is 123 Å². The number of aromatic nitrogens is 2. The van der Waals surface area contributed by atoms with E-state index in [1.54, 1.807) is 16.7 Å². The van der Waals surface area contributed by atoms with Crippen LogP contribution in [0.2, 0.25) is 0 Å². The molecule has 0 amide bonds. The van der Waals surface area contributed by atoms with Gasteiger partial charge in [-0.2, -0.15) is 0 Å². The minimum Gasteiger partial charge on any atom is -0.298 e. The van der Waals surface area contributed by atoms with Crippen LogP contribution in [0.4, 0.5) is 16.0 Å². The predicted molar refractivity (Wildman–Crippen MR) is 133 cm³/mol. The summed E-state index contributed by atoms with van der Waals surface area (Å²) in [6.45, 7) is 5.63. The molecule has 0 aliphatic carbocycles. The molecule has 172 valence electrons. The van der Waals surface area contributed by atoms with Crippen LogP contribution in [-0.4, -0.2) is 21.1 Å². The van der Waals surface area contributed by atoms with E-state index in [1.165, 1.54) is 23.3 Å². The van der Waals surface area contributed by atoms with E-state index in [0.29, 0.717) is 37.8 Å². The van der Waals surface area contributed by atoms with E-state index in [0.717, 1.165) is 16.9 Å². The summed E-state index contributed by atoms with van der Waals surface area (Å²) in [6.07, 6.45) is 0.535. The molecule has 0 saturated carbocycles. The molecule has 0 bridgehead atoms. The number of anilines is 2. The van der Waals surface area contributed by atoms with E-state index >= 15 is 0 Å². The smallest absolute Gasteiger partial charge is 0.259 e. The van der Waals surface area contributed by atoms with Crippen molar-refractivity contribution in [3.8, 4) is 0 Å². The molecule has 1 aliphatic rings. The monoisotopic (exact) mass is 454 g/mol. The Labute approximate surface area is 198 Å². The molecule has 1 aromatic heterocycles. The SMILES string of the molecule is Cc1ccc(CN2CN(c3ccc(F)cc3)c3nc(C)c(Cc4ccccc4)c(=O)n3C2)cc1. The van der Waals surface area contributed by atoms with E-state index in [1.807, 2.05) is 42.2 Å². The Morgan fingerprint density at radius 3 is 2.26 bits per heavy atom. The number of fused-ring (bicyclic) bond motifs is 1. The zero-order valence-corrected chi connectivity index (χ0v) is 19.4. The topological polar surface area (TPSA) is 41.4 Å². The molecule has 4 aromatic rings. The second-order valence-electron chi connectivity index (χ2n) is 8.87. The van der Waals surface area contributed by atoms with Crippen molar-refractivity contribution in [3.63, 3.8) is 0 Å². The molecule has 0 N–H and O–H groups in total. The molecule has 0 fully saturated rings. The van der Waals surface area contributed by atoms with Gasteiger partial charge in [-0.25, -0.2) is 9.37 Å². The zero-order valence-electron chi connectivity index (χ0n) is 19.4. The Bertz CT molecular complexity index is 1350. The van der Waals surface area contributed by atoms with E-state index in [2.05, 4.69) is 36.1 Å². The summed E-state index contributed by atoms with van der Waals surface area (Å²) in [5.74, 6) is 0.295. The van der Waals surface area contributed by atoms with Gasteiger partial charge in [0.15, 0.2) is 0 Å². The fourth-order valence-electron chi connectivity index (χ4n) is 4.40. The highest BCUT2D eigenvalue weighted by atomic mass is 19.1. The first-order chi connectivity index (χ1) is 16.5. The minimum atomic E-state index is -0.294. The highest BCUT2D eigenvalue weighted by Crippen LogP contribution is 2.29. The lowest BCUT2D eigenvalue weighted by Crippen LogP contribution is -2.47. The highest BCUT2D eigenvalue weighted by Gasteiger charge is 2.28. The van der Waals surface area contributed by atoms with E-state index in [-0.39, 0.29) is 11.4 Å². The van der Waals surface area contributed by atoms with Crippen molar-refractivity contribution in [2.75, 3.05) is 11.6 Å². The Hall–Kier alpha value is -3.77. The van der Waals surface area contributed by atoms with Gasteiger partial charge in [0.2, 0.25) is 5.95 Å². The third-order valence-corrected chi connectivity index (χ3v) is 6.26. The maximum absolute atomic E-state index is 13.7. The fourth-order valence-corrected chi connectivity index (χ4v) is 4.40. The van der Waals surface area contributed by atoms with Gasteiger partial charge in [0.1, 0.15) is 5.82 Å². The molecule has 0 spiro atoms. The summed E-state index contributed by atoms with van der Waals surface area (Å²) < 4.78 is 15.4. The van der Waals surface area contributed by atoms with Crippen LogP contribution in [0.25, 0.3) is 0 Å². The Morgan fingerprint density at radius 2 is 1.56 bits per heavy atom. The zero-order chi connectivity index (χ0) is 23.7. The van der Waals surface area contributed by atoms with Crippen LogP contribution < -0.4 is 10.5 Å². The van der Waals surface area contributed by atoms with Gasteiger partial charge >= 0.3 is 0 Å². The summed E-state index contributed by atoms with van der Waals surface area (Å²) in [5.41, 5.74) is 5.64. The lowest BCUT2D eigenvalue weighted by atomic mass is 10.1. The number of hydrogen-bond acceptors (Lipinski definition) is 4. The van der Waals surface area contributed by atoms with Gasteiger partial charge in [0.05, 0.1) is 19.0 Å². The standard InChI is InChI=1S/C28H27FN4O/c1-20-8-10-23(11-9-20)17-31-18-32(25-14-12-24(29)13-15-25)28-30-21(2)26(27(34)33(28)19-31)16-22-6-4-3-5-7-22/h3-15H,16-19H2,1-2H3. The van der Waals surface area contributed by atoms with Crippen molar-refractivity contribution in [2.45, 2.75) is 33.5 Å². The quantitative estimate of drug-likeness (QED) is 0.418. The summed E-state index contributed by atoms with van der Waals surface area (Å²) in [4.78, 5) is 22.8. The van der Waals surface area contributed by atoms with Gasteiger partial charge in [-0.05, 0) is 49.2 Å². The Morgan fingerprint density at radius 1 is 0.853 bits per heavy atom. The average Bonchev–Trinajstić information content (AvgIpc) is 2.84. The van der Waals surface area contributed by atoms with Gasteiger partial charge in [-0.15, -0.1) is 0 Å². The molecular weight excluding hydrogens is 427 g/mol. The number of benzene rings is 3. The normalized spacial score (nSPS) is 13.7. The molecule has 34 heavy (non-hydrogen) atoms. The highest BCUT2D eigenvalue weighted by molar-refractivity contribution is 5.58. The van der Waals surface area contributed by atoms with Crippen LogP contribution in [0.5, 0.6) is 0 Å². The second kappa shape index (κ2) is 9.23.